The van der Waals surface area contributed by atoms with E-state index in [4.69, 9.17) is 11.6 Å². The Hall–Kier alpha value is -2.18. The van der Waals surface area contributed by atoms with Crippen LogP contribution in [0.1, 0.15) is 17.4 Å². The summed E-state index contributed by atoms with van der Waals surface area (Å²) in [5, 5.41) is 4.10. The second-order valence-electron chi connectivity index (χ2n) is 5.69. The van der Waals surface area contributed by atoms with Crippen LogP contribution >= 0.6 is 22.9 Å². The Bertz CT molecular complexity index is 947. The fourth-order valence-corrected chi connectivity index (χ4v) is 3.56. The van der Waals surface area contributed by atoms with Gasteiger partial charge in [-0.3, -0.25) is 14.2 Å². The molecule has 0 atom stereocenters. The second kappa shape index (κ2) is 7.80. The lowest BCUT2D eigenvalue weighted by Crippen LogP contribution is -2.33. The third-order valence-corrected chi connectivity index (χ3v) is 5.32. The molecule has 0 aliphatic heterocycles. The highest BCUT2D eigenvalue weighted by Crippen LogP contribution is 2.20. The van der Waals surface area contributed by atoms with Gasteiger partial charge in [0.05, 0.1) is 11.7 Å². The van der Waals surface area contributed by atoms with Gasteiger partial charge in [-0.2, -0.15) is 0 Å². The predicted molar refractivity (Wildman–Crippen MR) is 101 cm³/mol. The molecule has 25 heavy (non-hydrogen) atoms. The second-order valence-corrected chi connectivity index (χ2v) is 7.24. The molecule has 1 N–H and O–H groups in total. The van der Waals surface area contributed by atoms with Gasteiger partial charge in [0, 0.05) is 16.4 Å². The predicted octanol–water partition coefficient (Wildman–Crippen LogP) is 3.03. The van der Waals surface area contributed by atoms with Gasteiger partial charge in [0.15, 0.2) is 0 Å². The van der Waals surface area contributed by atoms with Crippen molar-refractivity contribution in [1.82, 2.24) is 14.9 Å². The lowest BCUT2D eigenvalue weighted by Gasteiger charge is -2.07. The summed E-state index contributed by atoms with van der Waals surface area (Å²) in [5.74, 6) is -0.205. The summed E-state index contributed by atoms with van der Waals surface area (Å²) in [4.78, 5) is 30.7. The molecule has 2 aromatic heterocycles. The van der Waals surface area contributed by atoms with E-state index in [0.29, 0.717) is 23.4 Å². The van der Waals surface area contributed by atoms with Crippen molar-refractivity contribution in [3.05, 3.63) is 62.5 Å². The van der Waals surface area contributed by atoms with Gasteiger partial charge >= 0.3 is 0 Å². The fourth-order valence-electron chi connectivity index (χ4n) is 2.50. The van der Waals surface area contributed by atoms with Gasteiger partial charge in [-0.15, -0.1) is 11.3 Å². The molecule has 0 bridgehead atoms. The van der Waals surface area contributed by atoms with E-state index in [1.165, 1.54) is 22.2 Å². The molecule has 0 spiro atoms. The van der Waals surface area contributed by atoms with Crippen LogP contribution in [0.25, 0.3) is 10.2 Å². The van der Waals surface area contributed by atoms with Crippen molar-refractivity contribution < 1.29 is 4.79 Å². The lowest BCUT2D eigenvalue weighted by atomic mass is 10.1. The van der Waals surface area contributed by atoms with Crippen LogP contribution in [0.15, 0.2) is 41.5 Å². The third-order valence-electron chi connectivity index (χ3n) is 3.88. The molecule has 3 aromatic rings. The van der Waals surface area contributed by atoms with Crippen LogP contribution in [-0.4, -0.2) is 22.0 Å². The lowest BCUT2D eigenvalue weighted by molar-refractivity contribution is -0.121. The number of hydrogen-bond acceptors (Lipinski definition) is 4. The summed E-state index contributed by atoms with van der Waals surface area (Å²) in [6.07, 6.45) is 3.02. The summed E-state index contributed by atoms with van der Waals surface area (Å²) in [6.45, 7) is 2.51. The van der Waals surface area contributed by atoms with E-state index in [9.17, 15) is 9.59 Å². The maximum atomic E-state index is 12.5. The Morgan fingerprint density at radius 3 is 2.80 bits per heavy atom. The Morgan fingerprint density at radius 2 is 2.08 bits per heavy atom. The Balaban J connectivity index is 1.60. The van der Waals surface area contributed by atoms with Gasteiger partial charge in [-0.05, 0) is 36.6 Å². The van der Waals surface area contributed by atoms with Gasteiger partial charge in [0.1, 0.15) is 11.4 Å². The number of rotatable bonds is 6. The van der Waals surface area contributed by atoms with Crippen molar-refractivity contribution >= 4 is 39.1 Å². The first kappa shape index (κ1) is 17.6. The number of halogens is 1. The smallest absolute Gasteiger partial charge is 0.262 e. The number of benzene rings is 1. The van der Waals surface area contributed by atoms with Crippen molar-refractivity contribution in [3.8, 4) is 0 Å². The van der Waals surface area contributed by atoms with Crippen molar-refractivity contribution in [2.24, 2.45) is 0 Å². The molecule has 0 saturated heterocycles. The normalized spacial score (nSPS) is 11.0. The highest BCUT2D eigenvalue weighted by molar-refractivity contribution is 7.18. The Kier molecular flexibility index (Phi) is 5.50. The van der Waals surface area contributed by atoms with Crippen LogP contribution in [-0.2, 0) is 24.2 Å². The molecule has 0 fully saturated rings. The average molecular weight is 376 g/mol. The highest BCUT2D eigenvalue weighted by Gasteiger charge is 2.10. The molecule has 130 valence electrons. The molecule has 1 aromatic carbocycles. The van der Waals surface area contributed by atoms with Crippen LogP contribution in [0.5, 0.6) is 0 Å². The Labute approximate surface area is 154 Å². The van der Waals surface area contributed by atoms with Gasteiger partial charge in [0.2, 0.25) is 5.91 Å². The van der Waals surface area contributed by atoms with Gasteiger partial charge in [-0.1, -0.05) is 30.7 Å². The molecule has 1 amide bonds. The van der Waals surface area contributed by atoms with Crippen LogP contribution in [0.2, 0.25) is 5.02 Å². The zero-order valence-electron chi connectivity index (χ0n) is 13.8. The van der Waals surface area contributed by atoms with E-state index < -0.39 is 0 Å². The molecule has 5 nitrogen and oxygen atoms in total. The zero-order valence-corrected chi connectivity index (χ0v) is 15.4. The first-order chi connectivity index (χ1) is 12.1. The summed E-state index contributed by atoms with van der Waals surface area (Å²) < 4.78 is 1.35. The number of aryl methyl sites for hydroxylation is 1. The summed E-state index contributed by atoms with van der Waals surface area (Å²) in [7, 11) is 0. The molecule has 0 radical (unpaired) electrons. The first-order valence-electron chi connectivity index (χ1n) is 8.06. The minimum Gasteiger partial charge on any atom is -0.354 e. The molecule has 0 aliphatic rings. The number of fused-ring (bicyclic) bond motifs is 1. The number of aromatic nitrogens is 2. The van der Waals surface area contributed by atoms with Crippen LogP contribution in [0.3, 0.4) is 0 Å². The van der Waals surface area contributed by atoms with Gasteiger partial charge < -0.3 is 5.32 Å². The standard InChI is InChI=1S/C18H18ClN3O2S/c1-2-14-9-15-17(25-14)21-11-22(18(15)24)10-16(23)20-8-7-12-3-5-13(19)6-4-12/h3-6,9,11H,2,7-8,10H2,1H3,(H,20,23). The quantitative estimate of drug-likeness (QED) is 0.720. The molecule has 3 rings (SSSR count). The highest BCUT2D eigenvalue weighted by atomic mass is 35.5. The number of amides is 1. The van der Waals surface area contributed by atoms with Crippen molar-refractivity contribution in [2.45, 2.75) is 26.3 Å². The van der Waals surface area contributed by atoms with E-state index in [1.54, 1.807) is 0 Å². The van der Waals surface area contributed by atoms with Crippen LogP contribution in [0, 0.1) is 0 Å². The number of nitrogens with zero attached hydrogens (tertiary/aromatic N) is 2. The number of thiophene rings is 1. The number of hydrogen-bond donors (Lipinski definition) is 1. The van der Waals surface area contributed by atoms with Gasteiger partial charge in [0.25, 0.3) is 5.56 Å². The van der Waals surface area contributed by atoms with Crippen LogP contribution in [0.4, 0.5) is 0 Å². The first-order valence-corrected chi connectivity index (χ1v) is 9.25. The maximum Gasteiger partial charge on any atom is 0.262 e. The minimum absolute atomic E-state index is 0.0281. The minimum atomic E-state index is -0.205. The molecular formula is C18H18ClN3O2S. The third kappa shape index (κ3) is 4.27. The topological polar surface area (TPSA) is 64.0 Å². The van der Waals surface area contributed by atoms with E-state index in [-0.39, 0.29) is 18.0 Å². The van der Waals surface area contributed by atoms with E-state index >= 15 is 0 Å². The molecule has 2 heterocycles. The monoisotopic (exact) mass is 375 g/mol. The maximum absolute atomic E-state index is 12.5. The zero-order chi connectivity index (χ0) is 17.8. The summed E-state index contributed by atoms with van der Waals surface area (Å²) in [6, 6.07) is 9.37. The van der Waals surface area contributed by atoms with Gasteiger partial charge in [-0.25, -0.2) is 4.98 Å². The number of carbonyl (C=O) groups excluding carboxylic acids is 1. The Morgan fingerprint density at radius 1 is 1.32 bits per heavy atom. The fraction of sp³-hybridized carbons (Fsp3) is 0.278. The summed E-state index contributed by atoms with van der Waals surface area (Å²) >= 11 is 7.36. The number of carbonyl (C=O) groups is 1. The van der Waals surface area contributed by atoms with Crippen molar-refractivity contribution in [2.75, 3.05) is 6.54 Å². The molecular weight excluding hydrogens is 358 g/mol. The molecule has 0 saturated carbocycles. The van der Waals surface area contributed by atoms with E-state index in [2.05, 4.69) is 10.3 Å². The largest absolute Gasteiger partial charge is 0.354 e. The average Bonchev–Trinajstić information content (AvgIpc) is 3.03. The van der Waals surface area contributed by atoms with Crippen LogP contribution < -0.4 is 10.9 Å². The number of nitrogens with one attached hydrogen (secondary N) is 1. The molecule has 0 unspecified atom stereocenters. The SMILES string of the molecule is CCc1cc2c(=O)n(CC(=O)NCCc3ccc(Cl)cc3)cnc2s1. The van der Waals surface area contributed by atoms with E-state index in [0.717, 1.165) is 21.7 Å². The molecule has 0 aliphatic carbocycles. The van der Waals surface area contributed by atoms with E-state index in [1.807, 2.05) is 37.3 Å². The van der Waals surface area contributed by atoms with Crippen molar-refractivity contribution in [1.29, 1.82) is 0 Å². The molecule has 7 heteroatoms. The summed E-state index contributed by atoms with van der Waals surface area (Å²) in [5.41, 5.74) is 0.920. The van der Waals surface area contributed by atoms with Crippen molar-refractivity contribution in [3.63, 3.8) is 0 Å².